The van der Waals surface area contributed by atoms with Crippen molar-refractivity contribution >= 4 is 52.6 Å². The quantitative estimate of drug-likeness (QED) is 0.118. The van der Waals surface area contributed by atoms with Gasteiger partial charge in [0.25, 0.3) is 11.8 Å². The maximum absolute atomic E-state index is 13.5. The van der Waals surface area contributed by atoms with Gasteiger partial charge < -0.3 is 25.6 Å². The SMILES string of the molecule is Nc1cc(OCC2CC2)c(NC(=O)c2cnn3cccnc23)cc1C=NC1CCC(N2CCCC3(CN(c4cccc5c4CN(C4CCC(=O)NC4=O)C5=O)C3)C2)CC1. The van der Waals surface area contributed by atoms with Crippen LogP contribution in [-0.4, -0.2) is 105 Å². The molecule has 15 heteroatoms. The van der Waals surface area contributed by atoms with Crippen LogP contribution in [0, 0.1) is 11.3 Å². The van der Waals surface area contributed by atoms with Gasteiger partial charge in [-0.3, -0.25) is 34.4 Å². The second-order valence-corrected chi connectivity index (χ2v) is 17.5. The van der Waals surface area contributed by atoms with Crippen molar-refractivity contribution in [1.29, 1.82) is 0 Å². The second kappa shape index (κ2) is 15.1. The van der Waals surface area contributed by atoms with Gasteiger partial charge in [-0.2, -0.15) is 5.10 Å². The van der Waals surface area contributed by atoms with Crippen LogP contribution in [0.15, 0.2) is 60.0 Å². The summed E-state index contributed by atoms with van der Waals surface area (Å²) in [6.45, 7) is 5.07. The molecule has 59 heavy (non-hydrogen) atoms. The van der Waals surface area contributed by atoms with E-state index < -0.39 is 6.04 Å². The fourth-order valence-electron chi connectivity index (χ4n) is 9.98. The Morgan fingerprint density at radius 2 is 1.90 bits per heavy atom. The molecule has 5 fully saturated rings. The predicted molar refractivity (Wildman–Crippen MR) is 222 cm³/mol. The first kappa shape index (κ1) is 37.4. The van der Waals surface area contributed by atoms with E-state index in [1.807, 2.05) is 24.4 Å². The number of piperidine rings is 2. The van der Waals surface area contributed by atoms with Crippen LogP contribution in [0.25, 0.3) is 5.65 Å². The van der Waals surface area contributed by atoms with Crippen molar-refractivity contribution in [2.75, 3.05) is 48.7 Å². The van der Waals surface area contributed by atoms with E-state index in [9.17, 15) is 19.2 Å². The predicted octanol–water partition coefficient (Wildman–Crippen LogP) is 4.45. The molecule has 6 aliphatic rings. The third kappa shape index (κ3) is 7.29. The number of likely N-dealkylation sites (tertiary alicyclic amines) is 1. The lowest BCUT2D eigenvalue weighted by molar-refractivity contribution is -0.136. The van der Waals surface area contributed by atoms with E-state index in [2.05, 4.69) is 36.6 Å². The molecule has 0 radical (unpaired) electrons. The number of fused-ring (bicyclic) bond motifs is 2. The van der Waals surface area contributed by atoms with Crippen molar-refractivity contribution < 1.29 is 23.9 Å². The summed E-state index contributed by atoms with van der Waals surface area (Å²) in [7, 11) is 0. The van der Waals surface area contributed by atoms with E-state index in [4.69, 9.17) is 15.5 Å². The largest absolute Gasteiger partial charge is 0.491 e. The minimum atomic E-state index is -0.613. The third-order valence-electron chi connectivity index (χ3n) is 13.4. The molecule has 4 aromatic rings. The number of nitrogen functional groups attached to an aromatic ring is 1. The Morgan fingerprint density at radius 3 is 2.71 bits per heavy atom. The smallest absolute Gasteiger partial charge is 0.261 e. The molecule has 1 atom stereocenters. The molecular weight excluding hydrogens is 749 g/mol. The molecule has 3 saturated heterocycles. The van der Waals surface area contributed by atoms with Gasteiger partial charge in [0.05, 0.1) is 24.5 Å². The second-order valence-electron chi connectivity index (χ2n) is 17.5. The first-order valence-corrected chi connectivity index (χ1v) is 21.1. The van der Waals surface area contributed by atoms with Crippen molar-refractivity contribution in [2.45, 2.75) is 88.9 Å². The number of hydrogen-bond donors (Lipinski definition) is 3. The number of aromatic nitrogens is 3. The molecular formula is C44H50N10O5. The number of aliphatic imine (C=N–C) groups is 1. The monoisotopic (exact) mass is 798 g/mol. The molecule has 15 nitrogen and oxygen atoms in total. The van der Waals surface area contributed by atoms with Crippen molar-refractivity contribution in [2.24, 2.45) is 16.3 Å². The maximum Gasteiger partial charge on any atom is 0.261 e. The average Bonchev–Trinajstić information content (AvgIpc) is 3.87. The minimum absolute atomic E-state index is 0.127. The number of anilines is 3. The fraction of sp³-hybridized carbons (Fsp3) is 0.477. The lowest BCUT2D eigenvalue weighted by Gasteiger charge is -2.57. The van der Waals surface area contributed by atoms with Crippen LogP contribution in [0.3, 0.4) is 0 Å². The highest BCUT2D eigenvalue weighted by molar-refractivity contribution is 6.09. The standard InChI is InChI=1S/C44H50N10O5/c45-34-19-38(59-23-27-6-7-27)35(49-41(56)32-21-48-54-17-3-15-46-40(32)54)18-28(34)20-47-29-8-10-30(11-9-29)51-16-2-14-44(24-51)25-52(26-44)36-5-1-4-31-33(36)22-53(43(31)58)37-12-13-39(55)50-42(37)57/h1,3-5,15,17-21,27,29-30,37H,2,6-14,16,22-26,45H2,(H,49,56)(H,50,55,57). The molecule has 6 heterocycles. The Hall–Kier alpha value is -5.83. The lowest BCUT2D eigenvalue weighted by Crippen LogP contribution is -2.64. The molecule has 4 aliphatic heterocycles. The summed E-state index contributed by atoms with van der Waals surface area (Å²) in [5.74, 6) is -0.0389. The summed E-state index contributed by atoms with van der Waals surface area (Å²) < 4.78 is 7.73. The van der Waals surface area contributed by atoms with Crippen LogP contribution in [0.5, 0.6) is 5.75 Å². The number of imide groups is 1. The van der Waals surface area contributed by atoms with Crippen molar-refractivity contribution in [3.63, 3.8) is 0 Å². The molecule has 2 aromatic heterocycles. The minimum Gasteiger partial charge on any atom is -0.491 e. The van der Waals surface area contributed by atoms with Gasteiger partial charge in [0, 0.05) is 96.8 Å². The molecule has 2 aromatic carbocycles. The van der Waals surface area contributed by atoms with Crippen LogP contribution < -0.4 is 26.0 Å². The number of amides is 4. The van der Waals surface area contributed by atoms with E-state index >= 15 is 0 Å². The number of carbonyl (C=O) groups is 4. The van der Waals surface area contributed by atoms with E-state index in [0.717, 1.165) is 81.5 Å². The zero-order chi connectivity index (χ0) is 40.3. The van der Waals surface area contributed by atoms with Gasteiger partial charge in [0.2, 0.25) is 11.8 Å². The Kier molecular flexibility index (Phi) is 9.57. The van der Waals surface area contributed by atoms with Gasteiger partial charge in [-0.15, -0.1) is 0 Å². The number of nitrogens with two attached hydrogens (primary N) is 1. The number of benzene rings is 2. The van der Waals surface area contributed by atoms with Gasteiger partial charge in [-0.1, -0.05) is 6.07 Å². The molecule has 306 valence electrons. The Labute approximate surface area is 342 Å². The van der Waals surface area contributed by atoms with Crippen molar-refractivity contribution in [3.05, 3.63) is 77.2 Å². The van der Waals surface area contributed by atoms with Crippen LogP contribution in [0.1, 0.15) is 96.1 Å². The topological polar surface area (TPSA) is 180 Å². The highest BCUT2D eigenvalue weighted by Crippen LogP contribution is 2.45. The van der Waals surface area contributed by atoms with Crippen LogP contribution in [0.4, 0.5) is 17.1 Å². The van der Waals surface area contributed by atoms with E-state index in [1.54, 1.807) is 33.9 Å². The zero-order valence-corrected chi connectivity index (χ0v) is 33.1. The summed E-state index contributed by atoms with van der Waals surface area (Å²) in [5.41, 5.74) is 12.2. The van der Waals surface area contributed by atoms with Crippen LogP contribution in [0.2, 0.25) is 0 Å². The normalized spacial score (nSPS) is 24.4. The molecule has 1 unspecified atom stereocenters. The first-order valence-electron chi connectivity index (χ1n) is 21.1. The number of hydrogen-bond acceptors (Lipinski definition) is 11. The Bertz CT molecular complexity index is 2360. The summed E-state index contributed by atoms with van der Waals surface area (Å²) >= 11 is 0. The van der Waals surface area contributed by atoms with Gasteiger partial charge in [0.15, 0.2) is 5.65 Å². The molecule has 4 N–H and O–H groups in total. The lowest BCUT2D eigenvalue weighted by atomic mass is 9.72. The summed E-state index contributed by atoms with van der Waals surface area (Å²) in [4.78, 5) is 67.4. The molecule has 2 aliphatic carbocycles. The fourth-order valence-corrected chi connectivity index (χ4v) is 9.98. The number of carbonyl (C=O) groups excluding carboxylic acids is 4. The Balaban J connectivity index is 0.759. The van der Waals surface area contributed by atoms with E-state index in [-0.39, 0.29) is 41.5 Å². The number of ether oxygens (including phenoxy) is 1. The van der Waals surface area contributed by atoms with E-state index in [1.165, 1.54) is 19.0 Å². The van der Waals surface area contributed by atoms with Gasteiger partial charge in [-0.05, 0) is 94.5 Å². The highest BCUT2D eigenvalue weighted by Gasteiger charge is 2.48. The Morgan fingerprint density at radius 1 is 1.05 bits per heavy atom. The van der Waals surface area contributed by atoms with Crippen molar-refractivity contribution in [1.82, 2.24) is 29.7 Å². The van der Waals surface area contributed by atoms with E-state index in [0.29, 0.717) is 65.4 Å². The number of nitrogens with one attached hydrogen (secondary N) is 2. The first-order chi connectivity index (χ1) is 28.7. The summed E-state index contributed by atoms with van der Waals surface area (Å²) in [6.07, 6.45) is 16.2. The van der Waals surface area contributed by atoms with Gasteiger partial charge in [0.1, 0.15) is 17.4 Å². The van der Waals surface area contributed by atoms with Gasteiger partial charge >= 0.3 is 0 Å². The highest BCUT2D eigenvalue weighted by atomic mass is 16.5. The molecule has 4 amide bonds. The molecule has 2 saturated carbocycles. The zero-order valence-electron chi connectivity index (χ0n) is 33.1. The average molecular weight is 799 g/mol. The number of nitrogens with zero attached hydrogens (tertiary/aromatic N) is 7. The van der Waals surface area contributed by atoms with Crippen molar-refractivity contribution in [3.8, 4) is 5.75 Å². The summed E-state index contributed by atoms with van der Waals surface area (Å²) in [5, 5.41) is 9.71. The number of rotatable bonds is 10. The molecule has 10 rings (SSSR count). The van der Waals surface area contributed by atoms with Gasteiger partial charge in [-0.25, -0.2) is 9.50 Å². The van der Waals surface area contributed by atoms with Crippen LogP contribution in [-0.2, 0) is 16.1 Å². The molecule has 1 spiro atoms. The summed E-state index contributed by atoms with van der Waals surface area (Å²) in [6, 6.07) is 11.4. The third-order valence-corrected chi connectivity index (χ3v) is 13.4. The van der Waals surface area contributed by atoms with Crippen LogP contribution >= 0.6 is 0 Å². The maximum atomic E-state index is 13.5. The molecule has 0 bridgehead atoms.